The number of nitrogens with zero attached hydrogens (tertiary/aromatic N) is 1. The number of piperidine rings is 1. The number of sulfonamides is 1. The number of carbonyl (C=O) groups excluding carboxylic acids is 1. The Morgan fingerprint density at radius 1 is 1.36 bits per heavy atom. The van der Waals surface area contributed by atoms with Crippen molar-refractivity contribution in [2.75, 3.05) is 13.1 Å². The third-order valence-electron chi connectivity index (χ3n) is 3.79. The number of amides is 1. The van der Waals surface area contributed by atoms with Crippen molar-refractivity contribution in [1.29, 1.82) is 0 Å². The highest BCUT2D eigenvalue weighted by Gasteiger charge is 2.31. The molecule has 0 radical (unpaired) electrons. The van der Waals surface area contributed by atoms with Crippen molar-refractivity contribution in [3.8, 4) is 0 Å². The van der Waals surface area contributed by atoms with Gasteiger partial charge in [-0.1, -0.05) is 29.8 Å². The molecule has 0 spiro atoms. The Balaban J connectivity index is 2.00. The van der Waals surface area contributed by atoms with Crippen LogP contribution in [0.2, 0.25) is 5.02 Å². The van der Waals surface area contributed by atoms with E-state index in [1.807, 2.05) is 0 Å². The van der Waals surface area contributed by atoms with Crippen molar-refractivity contribution < 1.29 is 17.9 Å². The lowest BCUT2D eigenvalue weighted by molar-refractivity contribution is 0.0487. The predicted molar refractivity (Wildman–Crippen MR) is 98.0 cm³/mol. The van der Waals surface area contributed by atoms with E-state index in [1.54, 1.807) is 45.0 Å². The van der Waals surface area contributed by atoms with Gasteiger partial charge in [-0.3, -0.25) is 0 Å². The Kier molecular flexibility index (Phi) is 6.35. The molecule has 0 aromatic heterocycles. The molecule has 1 aromatic carbocycles. The Morgan fingerprint density at radius 2 is 2.04 bits per heavy atom. The second kappa shape index (κ2) is 7.93. The first kappa shape index (κ1) is 20.0. The Hall–Kier alpha value is -1.31. The zero-order valence-electron chi connectivity index (χ0n) is 14.8. The lowest BCUT2D eigenvalue weighted by atomic mass is 10.1. The van der Waals surface area contributed by atoms with Crippen molar-refractivity contribution in [3.05, 3.63) is 34.9 Å². The molecule has 0 aliphatic carbocycles. The van der Waals surface area contributed by atoms with Gasteiger partial charge in [0.05, 0.1) is 5.75 Å². The molecule has 1 aromatic rings. The maximum Gasteiger partial charge on any atom is 0.407 e. The van der Waals surface area contributed by atoms with Gasteiger partial charge in [0.1, 0.15) is 5.60 Å². The van der Waals surface area contributed by atoms with Gasteiger partial charge in [-0.25, -0.2) is 13.2 Å². The molecule has 1 N–H and O–H groups in total. The first-order valence-corrected chi connectivity index (χ1v) is 10.3. The van der Waals surface area contributed by atoms with Crippen molar-refractivity contribution in [1.82, 2.24) is 9.62 Å². The summed E-state index contributed by atoms with van der Waals surface area (Å²) in [5.74, 6) is -0.147. The van der Waals surface area contributed by atoms with Crippen LogP contribution in [0, 0.1) is 0 Å². The van der Waals surface area contributed by atoms with E-state index < -0.39 is 21.7 Å². The van der Waals surface area contributed by atoms with Crippen LogP contribution in [0.15, 0.2) is 24.3 Å². The van der Waals surface area contributed by atoms with Gasteiger partial charge < -0.3 is 10.1 Å². The van der Waals surface area contributed by atoms with Crippen LogP contribution < -0.4 is 5.32 Å². The second-order valence-corrected chi connectivity index (χ2v) is 9.57. The van der Waals surface area contributed by atoms with E-state index in [4.69, 9.17) is 16.3 Å². The van der Waals surface area contributed by atoms with Crippen molar-refractivity contribution >= 4 is 27.7 Å². The highest BCUT2D eigenvalue weighted by molar-refractivity contribution is 7.88. The van der Waals surface area contributed by atoms with Gasteiger partial charge in [-0.15, -0.1) is 0 Å². The van der Waals surface area contributed by atoms with Crippen LogP contribution >= 0.6 is 11.6 Å². The summed E-state index contributed by atoms with van der Waals surface area (Å²) in [5, 5.41) is 3.20. The number of nitrogens with one attached hydrogen (secondary N) is 1. The van der Waals surface area contributed by atoms with Crippen LogP contribution in [-0.2, 0) is 20.5 Å². The molecular formula is C17H25ClN2O4S. The molecule has 0 unspecified atom stereocenters. The smallest absolute Gasteiger partial charge is 0.407 e. The topological polar surface area (TPSA) is 75.7 Å². The van der Waals surface area contributed by atoms with Gasteiger partial charge in [0, 0.05) is 24.2 Å². The maximum absolute atomic E-state index is 12.7. The van der Waals surface area contributed by atoms with Gasteiger partial charge in [0.25, 0.3) is 0 Å². The summed E-state index contributed by atoms with van der Waals surface area (Å²) >= 11 is 6.07. The zero-order chi connectivity index (χ0) is 18.7. The maximum atomic E-state index is 12.7. The third kappa shape index (κ3) is 6.17. The van der Waals surface area contributed by atoms with E-state index >= 15 is 0 Å². The monoisotopic (exact) mass is 388 g/mol. The molecule has 1 fully saturated rings. The molecule has 25 heavy (non-hydrogen) atoms. The summed E-state index contributed by atoms with van der Waals surface area (Å²) in [6, 6.07) is 6.65. The summed E-state index contributed by atoms with van der Waals surface area (Å²) in [7, 11) is -3.51. The van der Waals surface area contributed by atoms with Gasteiger partial charge >= 0.3 is 6.09 Å². The quantitative estimate of drug-likeness (QED) is 0.859. The molecule has 6 nitrogen and oxygen atoms in total. The van der Waals surface area contributed by atoms with Crippen LogP contribution in [0.5, 0.6) is 0 Å². The molecule has 2 rings (SSSR count). The summed E-state index contributed by atoms with van der Waals surface area (Å²) in [6.45, 7) is 6.04. The molecule has 1 amide bonds. The molecule has 140 valence electrons. The van der Waals surface area contributed by atoms with Crippen molar-refractivity contribution in [2.45, 2.75) is 51.0 Å². The molecule has 1 atom stereocenters. The average Bonchev–Trinajstić information content (AvgIpc) is 2.48. The minimum absolute atomic E-state index is 0.147. The van der Waals surface area contributed by atoms with Crippen molar-refractivity contribution in [2.24, 2.45) is 0 Å². The fourth-order valence-corrected chi connectivity index (χ4v) is 4.61. The van der Waals surface area contributed by atoms with Gasteiger partial charge in [-0.2, -0.15) is 4.31 Å². The molecule has 8 heteroatoms. The van der Waals surface area contributed by atoms with E-state index in [2.05, 4.69) is 5.32 Å². The minimum Gasteiger partial charge on any atom is -0.444 e. The van der Waals surface area contributed by atoms with Crippen molar-refractivity contribution in [3.63, 3.8) is 0 Å². The Morgan fingerprint density at radius 3 is 2.68 bits per heavy atom. The van der Waals surface area contributed by atoms with E-state index in [0.717, 1.165) is 6.42 Å². The average molecular weight is 389 g/mol. The number of hydrogen-bond donors (Lipinski definition) is 1. The normalized spacial score (nSPS) is 19.4. The molecule has 1 aliphatic rings. The highest BCUT2D eigenvalue weighted by Crippen LogP contribution is 2.22. The van der Waals surface area contributed by atoms with Crippen LogP contribution in [-0.4, -0.2) is 43.5 Å². The highest BCUT2D eigenvalue weighted by atomic mass is 35.5. The molecule has 1 aliphatic heterocycles. The number of alkyl carbamates (subject to hydrolysis) is 1. The number of hydrogen-bond acceptors (Lipinski definition) is 4. The summed E-state index contributed by atoms with van der Waals surface area (Å²) < 4.78 is 32.0. The molecule has 0 bridgehead atoms. The third-order valence-corrected chi connectivity index (χ3v) is 5.96. The fourth-order valence-electron chi connectivity index (χ4n) is 2.69. The number of halogens is 1. The van der Waals surface area contributed by atoms with E-state index in [9.17, 15) is 13.2 Å². The summed E-state index contributed by atoms with van der Waals surface area (Å²) in [5.41, 5.74) is -0.0134. The predicted octanol–water partition coefficient (Wildman–Crippen LogP) is 3.16. The fraction of sp³-hybridized carbons (Fsp3) is 0.588. The molecular weight excluding hydrogens is 364 g/mol. The first-order valence-electron chi connectivity index (χ1n) is 8.27. The molecule has 1 heterocycles. The summed E-state index contributed by atoms with van der Waals surface area (Å²) in [4.78, 5) is 11.9. The lowest BCUT2D eigenvalue weighted by Gasteiger charge is -2.33. The van der Waals surface area contributed by atoms with E-state index in [-0.39, 0.29) is 18.3 Å². The molecule has 1 saturated heterocycles. The number of carbonyl (C=O) groups is 1. The SMILES string of the molecule is CC(C)(C)OC(=O)N[C@@H]1CCCN(S(=O)(=O)Cc2ccccc2Cl)C1. The number of ether oxygens (including phenoxy) is 1. The molecule has 0 saturated carbocycles. The van der Waals surface area contributed by atoms with Gasteiger partial charge in [-0.05, 0) is 45.2 Å². The standard InChI is InChI=1S/C17H25ClN2O4S/c1-17(2,3)24-16(21)19-14-8-6-10-20(11-14)25(22,23)12-13-7-4-5-9-15(13)18/h4-5,7,9,14H,6,8,10-12H2,1-3H3,(H,19,21)/t14-/m1/s1. The largest absolute Gasteiger partial charge is 0.444 e. The Bertz CT molecular complexity index is 716. The summed E-state index contributed by atoms with van der Waals surface area (Å²) in [6.07, 6.45) is 0.877. The van der Waals surface area contributed by atoms with E-state index in [0.29, 0.717) is 23.6 Å². The second-order valence-electron chi connectivity index (χ2n) is 7.19. The van der Waals surface area contributed by atoms with Crippen LogP contribution in [0.1, 0.15) is 39.2 Å². The first-order chi connectivity index (χ1) is 11.6. The number of benzene rings is 1. The van der Waals surface area contributed by atoms with Crippen LogP contribution in [0.25, 0.3) is 0 Å². The lowest BCUT2D eigenvalue weighted by Crippen LogP contribution is -2.50. The van der Waals surface area contributed by atoms with Crippen LogP contribution in [0.4, 0.5) is 4.79 Å². The van der Waals surface area contributed by atoms with E-state index in [1.165, 1.54) is 4.31 Å². The zero-order valence-corrected chi connectivity index (χ0v) is 16.4. The van der Waals surface area contributed by atoms with Gasteiger partial charge in [0.15, 0.2) is 0 Å². The minimum atomic E-state index is -3.51. The van der Waals surface area contributed by atoms with Crippen LogP contribution in [0.3, 0.4) is 0 Å². The Labute approximate surface area is 154 Å². The number of rotatable bonds is 4. The van der Waals surface area contributed by atoms with Gasteiger partial charge in [0.2, 0.25) is 10.0 Å².